The van der Waals surface area contributed by atoms with Crippen LogP contribution in [0.25, 0.3) is 6.08 Å². The van der Waals surface area contributed by atoms with Crippen LogP contribution in [0.4, 0.5) is 10.1 Å². The van der Waals surface area contributed by atoms with Gasteiger partial charge in [0.2, 0.25) is 5.90 Å². The zero-order valence-electron chi connectivity index (χ0n) is 18.7. The number of hydrogen-bond acceptors (Lipinski definition) is 7. The van der Waals surface area contributed by atoms with E-state index in [9.17, 15) is 19.3 Å². The number of rotatable bonds is 8. The number of carbonyl (C=O) groups is 1. The molecular weight excluding hydrogens is 606 g/mol. The van der Waals surface area contributed by atoms with Crippen molar-refractivity contribution < 1.29 is 28.3 Å². The molecule has 1 heterocycles. The number of aliphatic imine (C=N–C) groups is 1. The molecule has 0 spiro atoms. The van der Waals surface area contributed by atoms with Crippen molar-refractivity contribution in [1.29, 1.82) is 0 Å². The Labute approximate surface area is 223 Å². The largest absolute Gasteiger partial charge is 0.490 e. The van der Waals surface area contributed by atoms with Gasteiger partial charge in [-0.15, -0.1) is 0 Å². The predicted octanol–water partition coefficient (Wildman–Crippen LogP) is 6.31. The smallest absolute Gasteiger partial charge is 0.363 e. The number of halogens is 3. The maximum atomic E-state index is 13.2. The highest BCUT2D eigenvalue weighted by Crippen LogP contribution is 2.36. The molecule has 4 rings (SSSR count). The van der Waals surface area contributed by atoms with E-state index in [2.05, 4.69) is 27.6 Å². The molecule has 0 aromatic heterocycles. The van der Waals surface area contributed by atoms with Gasteiger partial charge in [0.25, 0.3) is 5.69 Å². The van der Waals surface area contributed by atoms with E-state index in [1.54, 1.807) is 24.3 Å². The molecule has 3 aromatic rings. The van der Waals surface area contributed by atoms with Gasteiger partial charge >= 0.3 is 5.97 Å². The average molecular weight is 623 g/mol. The van der Waals surface area contributed by atoms with Gasteiger partial charge in [0.05, 0.1) is 15.1 Å². The summed E-state index contributed by atoms with van der Waals surface area (Å²) in [5, 5.41) is 11.1. The van der Waals surface area contributed by atoms with Crippen LogP contribution in [0.1, 0.15) is 23.6 Å². The lowest BCUT2D eigenvalue weighted by atomic mass is 10.1. The SMILES string of the molecule is CCOc1cc(/C=C2\N=C(c3ccc(Cl)c([N+](=O)[O-])c3)OC2=O)cc(I)c1OCc1ccc(F)cc1. The minimum absolute atomic E-state index is 0.0147. The fraction of sp³-hybridized carbons (Fsp3) is 0.120. The Morgan fingerprint density at radius 3 is 2.61 bits per heavy atom. The minimum Gasteiger partial charge on any atom is -0.490 e. The van der Waals surface area contributed by atoms with Crippen LogP contribution in [-0.4, -0.2) is 23.4 Å². The Bertz CT molecular complexity index is 1410. The summed E-state index contributed by atoms with van der Waals surface area (Å²) in [7, 11) is 0. The van der Waals surface area contributed by atoms with Crippen LogP contribution in [0.5, 0.6) is 11.5 Å². The first-order chi connectivity index (χ1) is 17.2. The molecule has 0 N–H and O–H groups in total. The van der Waals surface area contributed by atoms with Crippen molar-refractivity contribution >= 4 is 57.8 Å². The number of cyclic esters (lactones) is 1. The molecule has 1 aliphatic rings. The quantitative estimate of drug-likeness (QED) is 0.0959. The predicted molar refractivity (Wildman–Crippen MR) is 140 cm³/mol. The van der Waals surface area contributed by atoms with Gasteiger partial charge in [0, 0.05) is 11.6 Å². The van der Waals surface area contributed by atoms with E-state index in [0.29, 0.717) is 23.7 Å². The van der Waals surface area contributed by atoms with Gasteiger partial charge < -0.3 is 14.2 Å². The summed E-state index contributed by atoms with van der Waals surface area (Å²) in [6, 6.07) is 13.5. The second-order valence-corrected chi connectivity index (χ2v) is 9.01. The third-order valence-electron chi connectivity index (χ3n) is 4.94. The molecule has 184 valence electrons. The van der Waals surface area contributed by atoms with E-state index < -0.39 is 10.9 Å². The molecule has 8 nitrogen and oxygen atoms in total. The van der Waals surface area contributed by atoms with Crippen molar-refractivity contribution in [1.82, 2.24) is 0 Å². The number of nitrogens with zero attached hydrogens (tertiary/aromatic N) is 2. The van der Waals surface area contributed by atoms with Crippen LogP contribution in [0.15, 0.2) is 65.3 Å². The molecule has 0 aliphatic carbocycles. The number of nitro benzene ring substituents is 1. The summed E-state index contributed by atoms with van der Waals surface area (Å²) in [5.41, 5.74) is 1.34. The van der Waals surface area contributed by atoms with Gasteiger partial charge in [-0.1, -0.05) is 23.7 Å². The van der Waals surface area contributed by atoms with Crippen LogP contribution in [0.3, 0.4) is 0 Å². The first-order valence-corrected chi connectivity index (χ1v) is 12.0. The fourth-order valence-corrected chi connectivity index (χ4v) is 4.25. The third kappa shape index (κ3) is 5.82. The van der Waals surface area contributed by atoms with E-state index in [-0.39, 0.29) is 40.3 Å². The second-order valence-electron chi connectivity index (χ2n) is 7.44. The maximum absolute atomic E-state index is 13.2. The number of nitro groups is 1. The summed E-state index contributed by atoms with van der Waals surface area (Å²) < 4.78 is 30.8. The van der Waals surface area contributed by atoms with Crippen LogP contribution < -0.4 is 9.47 Å². The lowest BCUT2D eigenvalue weighted by Gasteiger charge is -2.15. The molecule has 36 heavy (non-hydrogen) atoms. The maximum Gasteiger partial charge on any atom is 0.363 e. The Hall–Kier alpha value is -3.51. The standard InChI is InChI=1S/C25H17ClFIN2O6/c1-2-34-22-11-15(9-19(28)23(22)35-13-14-3-6-17(27)7-4-14)10-20-25(31)36-24(29-20)16-5-8-18(26)21(12-16)30(32)33/h3-12H,2,13H2,1H3/b20-10-. The van der Waals surface area contributed by atoms with E-state index in [1.807, 2.05) is 6.92 Å². The lowest BCUT2D eigenvalue weighted by molar-refractivity contribution is -0.384. The Balaban J connectivity index is 1.62. The molecule has 0 unspecified atom stereocenters. The summed E-state index contributed by atoms with van der Waals surface area (Å²) in [6.45, 7) is 2.42. The number of benzene rings is 3. The van der Waals surface area contributed by atoms with Crippen LogP contribution in [0, 0.1) is 19.5 Å². The normalized spacial score (nSPS) is 13.9. The van der Waals surface area contributed by atoms with Crippen molar-refractivity contribution in [2.75, 3.05) is 6.61 Å². The number of ether oxygens (including phenoxy) is 3. The van der Waals surface area contributed by atoms with Crippen molar-refractivity contribution in [2.45, 2.75) is 13.5 Å². The highest BCUT2D eigenvalue weighted by molar-refractivity contribution is 14.1. The molecule has 0 saturated heterocycles. The minimum atomic E-state index is -0.702. The lowest BCUT2D eigenvalue weighted by Crippen LogP contribution is -2.06. The summed E-state index contributed by atoms with van der Waals surface area (Å²) >= 11 is 7.95. The first kappa shape index (κ1) is 25.6. The molecule has 3 aromatic carbocycles. The van der Waals surface area contributed by atoms with Gasteiger partial charge in [-0.25, -0.2) is 14.2 Å². The third-order valence-corrected chi connectivity index (χ3v) is 6.06. The first-order valence-electron chi connectivity index (χ1n) is 10.6. The molecule has 0 fully saturated rings. The summed E-state index contributed by atoms with van der Waals surface area (Å²) in [4.78, 5) is 27.2. The Morgan fingerprint density at radius 1 is 1.17 bits per heavy atom. The Kier molecular flexibility index (Phi) is 7.85. The van der Waals surface area contributed by atoms with E-state index in [4.69, 9.17) is 25.8 Å². The zero-order chi connectivity index (χ0) is 25.8. The Morgan fingerprint density at radius 2 is 1.92 bits per heavy atom. The molecule has 0 saturated carbocycles. The van der Waals surface area contributed by atoms with Gasteiger partial charge in [0.15, 0.2) is 17.2 Å². The molecule has 0 bridgehead atoms. The van der Waals surface area contributed by atoms with E-state index >= 15 is 0 Å². The molecule has 11 heteroatoms. The number of hydrogen-bond donors (Lipinski definition) is 0. The second kappa shape index (κ2) is 11.0. The zero-order valence-corrected chi connectivity index (χ0v) is 21.6. The number of carbonyl (C=O) groups excluding carboxylic acids is 1. The van der Waals surface area contributed by atoms with Gasteiger partial charge in [-0.3, -0.25) is 10.1 Å². The summed E-state index contributed by atoms with van der Waals surface area (Å²) in [6.07, 6.45) is 1.52. The van der Waals surface area contributed by atoms with Crippen molar-refractivity contribution in [3.63, 3.8) is 0 Å². The van der Waals surface area contributed by atoms with Crippen molar-refractivity contribution in [3.8, 4) is 11.5 Å². The molecule has 1 aliphatic heterocycles. The molecular formula is C25H17ClFIN2O6. The molecule has 0 radical (unpaired) electrons. The average Bonchev–Trinajstić information content (AvgIpc) is 3.20. The van der Waals surface area contributed by atoms with Crippen LogP contribution in [0.2, 0.25) is 5.02 Å². The van der Waals surface area contributed by atoms with Crippen LogP contribution in [-0.2, 0) is 16.1 Å². The number of esters is 1. The molecule has 0 amide bonds. The fourth-order valence-electron chi connectivity index (χ4n) is 3.29. The van der Waals surface area contributed by atoms with Gasteiger partial charge in [-0.05, 0) is 83.1 Å². The van der Waals surface area contributed by atoms with E-state index in [0.717, 1.165) is 9.13 Å². The topological polar surface area (TPSA) is 100 Å². The van der Waals surface area contributed by atoms with Crippen LogP contribution >= 0.6 is 34.2 Å². The van der Waals surface area contributed by atoms with E-state index in [1.165, 1.54) is 36.4 Å². The van der Waals surface area contributed by atoms with Crippen molar-refractivity contribution in [2.24, 2.45) is 4.99 Å². The summed E-state index contributed by atoms with van der Waals surface area (Å²) in [5.74, 6) is -0.124. The van der Waals surface area contributed by atoms with Gasteiger partial charge in [0.1, 0.15) is 17.4 Å². The highest BCUT2D eigenvalue weighted by Gasteiger charge is 2.26. The van der Waals surface area contributed by atoms with Crippen molar-refractivity contribution in [3.05, 3.63) is 102 Å². The molecule has 0 atom stereocenters. The monoisotopic (exact) mass is 622 g/mol. The van der Waals surface area contributed by atoms with Gasteiger partial charge in [-0.2, -0.15) is 0 Å². The highest BCUT2D eigenvalue weighted by atomic mass is 127.